The van der Waals surface area contributed by atoms with Crippen LogP contribution in [0.2, 0.25) is 0 Å². The van der Waals surface area contributed by atoms with Crippen LogP contribution >= 0.6 is 24.0 Å². The van der Waals surface area contributed by atoms with E-state index in [9.17, 15) is 9.59 Å². The fourth-order valence-electron chi connectivity index (χ4n) is 2.75. The zero-order valence-corrected chi connectivity index (χ0v) is 18.1. The van der Waals surface area contributed by atoms with Gasteiger partial charge in [-0.05, 0) is 35.9 Å². The first kappa shape index (κ1) is 21.6. The molecule has 2 aromatic rings. The molecule has 2 heterocycles. The van der Waals surface area contributed by atoms with E-state index < -0.39 is 0 Å². The molecule has 0 radical (unpaired) electrons. The van der Waals surface area contributed by atoms with Crippen LogP contribution in [-0.4, -0.2) is 53.9 Å². The Morgan fingerprint density at radius 1 is 1.23 bits per heavy atom. The smallest absolute Gasteiger partial charge is 0.266 e. The Hall–Kier alpha value is -3.11. The van der Waals surface area contributed by atoms with Crippen LogP contribution in [0.25, 0.3) is 6.08 Å². The summed E-state index contributed by atoms with van der Waals surface area (Å²) >= 11 is 6.42. The van der Waals surface area contributed by atoms with Crippen molar-refractivity contribution in [3.8, 4) is 17.2 Å². The van der Waals surface area contributed by atoms with Crippen molar-refractivity contribution < 1.29 is 23.8 Å². The average Bonchev–Trinajstić information content (AvgIpc) is 3.00. The zero-order valence-electron chi connectivity index (χ0n) is 16.5. The monoisotopic (exact) mass is 445 g/mol. The number of thiocarbonyl (C=S) groups is 1. The lowest BCUT2D eigenvalue weighted by Crippen LogP contribution is -2.36. The molecular weight excluding hydrogens is 426 g/mol. The van der Waals surface area contributed by atoms with Crippen LogP contribution in [0.15, 0.2) is 41.6 Å². The number of aromatic nitrogens is 1. The Morgan fingerprint density at radius 2 is 1.93 bits per heavy atom. The van der Waals surface area contributed by atoms with E-state index in [4.69, 9.17) is 26.4 Å². The van der Waals surface area contributed by atoms with Crippen molar-refractivity contribution in [3.63, 3.8) is 0 Å². The Balaban J connectivity index is 1.78. The summed E-state index contributed by atoms with van der Waals surface area (Å²) in [5.41, 5.74) is 1.21. The van der Waals surface area contributed by atoms with Crippen molar-refractivity contribution in [2.45, 2.75) is 0 Å². The number of rotatable bonds is 7. The SMILES string of the molecule is COc1cc(C=C2SC(=S)N(CC(=O)Nc3cccnc3)C2=O)cc(OC)c1OC. The molecule has 1 aromatic carbocycles. The molecule has 0 bridgehead atoms. The highest BCUT2D eigenvalue weighted by Gasteiger charge is 2.33. The molecule has 10 heteroatoms. The van der Waals surface area contributed by atoms with Crippen molar-refractivity contribution in [1.29, 1.82) is 0 Å². The van der Waals surface area contributed by atoms with Gasteiger partial charge < -0.3 is 19.5 Å². The Labute approximate surface area is 183 Å². The lowest BCUT2D eigenvalue weighted by Gasteiger charge is -2.14. The van der Waals surface area contributed by atoms with Gasteiger partial charge in [0.15, 0.2) is 11.5 Å². The molecule has 0 unspecified atom stereocenters. The lowest BCUT2D eigenvalue weighted by atomic mass is 10.1. The molecule has 0 saturated carbocycles. The molecular formula is C20H19N3O5S2. The van der Waals surface area contributed by atoms with Crippen LogP contribution in [0.3, 0.4) is 0 Å². The van der Waals surface area contributed by atoms with E-state index in [0.717, 1.165) is 11.8 Å². The summed E-state index contributed by atoms with van der Waals surface area (Å²) in [5.74, 6) is 0.675. The molecule has 1 aliphatic rings. The van der Waals surface area contributed by atoms with Gasteiger partial charge in [-0.25, -0.2) is 0 Å². The quantitative estimate of drug-likeness (QED) is 0.514. The minimum absolute atomic E-state index is 0.188. The van der Waals surface area contributed by atoms with Gasteiger partial charge in [-0.3, -0.25) is 19.5 Å². The zero-order chi connectivity index (χ0) is 21.7. The molecule has 3 rings (SSSR count). The number of nitrogens with one attached hydrogen (secondary N) is 1. The molecule has 1 saturated heterocycles. The number of methoxy groups -OCH3 is 3. The summed E-state index contributed by atoms with van der Waals surface area (Å²) in [6.07, 6.45) is 4.79. The van der Waals surface area contributed by atoms with Gasteiger partial charge in [0.2, 0.25) is 11.7 Å². The second-order valence-corrected chi connectivity index (χ2v) is 7.69. The van der Waals surface area contributed by atoms with Crippen molar-refractivity contribution in [3.05, 3.63) is 47.1 Å². The highest BCUT2D eigenvalue weighted by molar-refractivity contribution is 8.26. The molecule has 1 fully saturated rings. The van der Waals surface area contributed by atoms with Gasteiger partial charge in [-0.1, -0.05) is 24.0 Å². The molecule has 0 atom stereocenters. The van der Waals surface area contributed by atoms with Gasteiger partial charge in [0.25, 0.3) is 5.91 Å². The van der Waals surface area contributed by atoms with Crippen molar-refractivity contribution in [1.82, 2.24) is 9.88 Å². The van der Waals surface area contributed by atoms with E-state index in [0.29, 0.717) is 37.7 Å². The van der Waals surface area contributed by atoms with Crippen LogP contribution in [0.5, 0.6) is 17.2 Å². The minimum atomic E-state index is -0.367. The van der Waals surface area contributed by atoms with Gasteiger partial charge >= 0.3 is 0 Å². The number of hydrogen-bond donors (Lipinski definition) is 1. The molecule has 1 aliphatic heterocycles. The van der Waals surface area contributed by atoms with Gasteiger partial charge in [0, 0.05) is 6.20 Å². The van der Waals surface area contributed by atoms with E-state index in [-0.39, 0.29) is 18.4 Å². The third-order valence-electron chi connectivity index (χ3n) is 4.11. The van der Waals surface area contributed by atoms with Crippen molar-refractivity contribution in [2.75, 3.05) is 33.2 Å². The highest BCUT2D eigenvalue weighted by Crippen LogP contribution is 2.40. The standard InChI is InChI=1S/C20H19N3O5S2/c1-26-14-7-12(8-15(27-2)18(14)28-3)9-16-19(25)23(20(29)30-16)11-17(24)22-13-5-4-6-21-10-13/h4-10H,11H2,1-3H3,(H,22,24). The maximum atomic E-state index is 12.8. The van der Waals surface area contributed by atoms with Crippen LogP contribution in [0.4, 0.5) is 5.69 Å². The first-order valence-corrected chi connectivity index (χ1v) is 9.94. The number of benzene rings is 1. The molecule has 2 amide bonds. The fraction of sp³-hybridized carbons (Fsp3) is 0.200. The number of carbonyl (C=O) groups is 2. The normalized spacial score (nSPS) is 14.8. The number of thioether (sulfide) groups is 1. The summed E-state index contributed by atoms with van der Waals surface area (Å²) in [6.45, 7) is -0.188. The second-order valence-electron chi connectivity index (χ2n) is 6.02. The maximum Gasteiger partial charge on any atom is 0.266 e. The van der Waals surface area contributed by atoms with Gasteiger partial charge in [0.1, 0.15) is 10.9 Å². The van der Waals surface area contributed by atoms with Crippen LogP contribution in [0, 0.1) is 0 Å². The number of amides is 2. The average molecular weight is 446 g/mol. The van der Waals surface area contributed by atoms with Crippen LogP contribution < -0.4 is 19.5 Å². The van der Waals surface area contributed by atoms with E-state index in [1.165, 1.54) is 32.4 Å². The molecule has 1 N–H and O–H groups in total. The number of carbonyl (C=O) groups excluding carboxylic acids is 2. The summed E-state index contributed by atoms with van der Waals surface area (Å²) in [6, 6.07) is 6.86. The van der Waals surface area contributed by atoms with Gasteiger partial charge in [-0.2, -0.15) is 0 Å². The first-order valence-electron chi connectivity index (χ1n) is 8.72. The molecule has 1 aromatic heterocycles. The number of anilines is 1. The maximum absolute atomic E-state index is 12.8. The van der Waals surface area contributed by atoms with E-state index in [2.05, 4.69) is 10.3 Å². The third kappa shape index (κ3) is 4.71. The second kappa shape index (κ2) is 9.59. The largest absolute Gasteiger partial charge is 0.493 e. The van der Waals surface area contributed by atoms with Crippen LogP contribution in [-0.2, 0) is 9.59 Å². The number of hydrogen-bond acceptors (Lipinski definition) is 8. The Bertz CT molecular complexity index is 986. The Morgan fingerprint density at radius 3 is 2.50 bits per heavy atom. The predicted octanol–water partition coefficient (Wildman–Crippen LogP) is 2.95. The van der Waals surface area contributed by atoms with E-state index in [1.807, 2.05) is 0 Å². The summed E-state index contributed by atoms with van der Waals surface area (Å²) < 4.78 is 16.3. The summed E-state index contributed by atoms with van der Waals surface area (Å²) in [7, 11) is 4.55. The number of pyridine rings is 1. The minimum Gasteiger partial charge on any atom is -0.493 e. The molecule has 30 heavy (non-hydrogen) atoms. The highest BCUT2D eigenvalue weighted by atomic mass is 32.2. The first-order chi connectivity index (χ1) is 14.5. The van der Waals surface area contributed by atoms with Gasteiger partial charge in [0.05, 0.1) is 38.1 Å². The Kier molecular flexibility index (Phi) is 6.91. The summed E-state index contributed by atoms with van der Waals surface area (Å²) in [5, 5.41) is 2.69. The number of ether oxygens (including phenoxy) is 3. The topological polar surface area (TPSA) is 90.0 Å². The molecule has 0 aliphatic carbocycles. The summed E-state index contributed by atoms with van der Waals surface area (Å²) in [4.78, 5) is 30.7. The van der Waals surface area contributed by atoms with E-state index >= 15 is 0 Å². The van der Waals surface area contributed by atoms with Crippen molar-refractivity contribution in [2.24, 2.45) is 0 Å². The lowest BCUT2D eigenvalue weighted by molar-refractivity contribution is -0.126. The van der Waals surface area contributed by atoms with Crippen LogP contribution in [0.1, 0.15) is 5.56 Å². The van der Waals surface area contributed by atoms with Gasteiger partial charge in [-0.15, -0.1) is 0 Å². The van der Waals surface area contributed by atoms with E-state index in [1.54, 1.807) is 36.5 Å². The predicted molar refractivity (Wildman–Crippen MR) is 119 cm³/mol. The molecule has 156 valence electrons. The van der Waals surface area contributed by atoms with Crippen molar-refractivity contribution >= 4 is 51.9 Å². The number of nitrogens with zero attached hydrogens (tertiary/aromatic N) is 2. The molecule has 8 nitrogen and oxygen atoms in total. The molecule has 0 spiro atoms. The third-order valence-corrected chi connectivity index (χ3v) is 5.48. The fourth-order valence-corrected chi connectivity index (χ4v) is 4.01.